The summed E-state index contributed by atoms with van der Waals surface area (Å²) in [6.07, 6.45) is 6.09. The van der Waals surface area contributed by atoms with E-state index in [9.17, 15) is 9.59 Å². The van der Waals surface area contributed by atoms with Crippen LogP contribution in [0, 0.1) is 11.8 Å². The first-order chi connectivity index (χ1) is 9.70. The van der Waals surface area contributed by atoms with Crippen LogP contribution < -0.4 is 16.0 Å². The molecule has 3 N–H and O–H groups in total. The molecule has 3 rings (SSSR count). The number of rotatable bonds is 2. The zero-order valence-electron chi connectivity index (χ0n) is 12.0. The molecule has 0 radical (unpaired) electrons. The molecule has 22 heavy (non-hydrogen) atoms. The van der Waals surface area contributed by atoms with E-state index in [1.165, 1.54) is 0 Å². The molecule has 1 aromatic heterocycles. The van der Waals surface area contributed by atoms with Crippen LogP contribution >= 0.6 is 24.8 Å². The maximum absolute atomic E-state index is 12.7. The SMILES string of the molecule is Cl.Cl.NC[C@H]1CCC[C@H]1C(=O)N1CC(=O)Nc2cnccc21. The van der Waals surface area contributed by atoms with Crippen LogP contribution in [0.3, 0.4) is 0 Å². The van der Waals surface area contributed by atoms with E-state index in [0.29, 0.717) is 12.2 Å². The number of anilines is 2. The molecular weight excluding hydrogens is 327 g/mol. The van der Waals surface area contributed by atoms with Gasteiger partial charge in [-0.3, -0.25) is 14.6 Å². The van der Waals surface area contributed by atoms with Crippen LogP contribution in [0.2, 0.25) is 0 Å². The Morgan fingerprint density at radius 2 is 2.18 bits per heavy atom. The maximum Gasteiger partial charge on any atom is 0.244 e. The van der Waals surface area contributed by atoms with Crippen molar-refractivity contribution >= 4 is 48.0 Å². The Morgan fingerprint density at radius 3 is 2.91 bits per heavy atom. The lowest BCUT2D eigenvalue weighted by atomic mass is 9.94. The molecule has 6 nitrogen and oxygen atoms in total. The second-order valence-corrected chi connectivity index (χ2v) is 5.40. The molecule has 2 aliphatic rings. The average Bonchev–Trinajstić information content (AvgIpc) is 2.94. The summed E-state index contributed by atoms with van der Waals surface area (Å²) in [6.45, 7) is 0.600. The van der Waals surface area contributed by atoms with Gasteiger partial charge in [0.2, 0.25) is 11.8 Å². The van der Waals surface area contributed by atoms with Crippen molar-refractivity contribution in [2.45, 2.75) is 19.3 Å². The van der Waals surface area contributed by atoms with Crippen molar-refractivity contribution in [3.05, 3.63) is 18.5 Å². The van der Waals surface area contributed by atoms with Crippen LogP contribution in [0.25, 0.3) is 0 Å². The molecule has 1 aromatic rings. The number of amides is 2. The number of hydrogen-bond acceptors (Lipinski definition) is 4. The molecule has 2 atom stereocenters. The van der Waals surface area contributed by atoms with E-state index in [1.54, 1.807) is 23.4 Å². The third kappa shape index (κ3) is 3.34. The van der Waals surface area contributed by atoms with Gasteiger partial charge in [-0.15, -0.1) is 24.8 Å². The van der Waals surface area contributed by atoms with Crippen LogP contribution in [0.5, 0.6) is 0 Å². The van der Waals surface area contributed by atoms with Crippen molar-refractivity contribution in [3.63, 3.8) is 0 Å². The van der Waals surface area contributed by atoms with Gasteiger partial charge in [-0.2, -0.15) is 0 Å². The number of carbonyl (C=O) groups is 2. The number of fused-ring (bicyclic) bond motifs is 1. The molecule has 1 aliphatic heterocycles. The summed E-state index contributed by atoms with van der Waals surface area (Å²) in [5.41, 5.74) is 7.08. The molecule has 1 saturated carbocycles. The quantitative estimate of drug-likeness (QED) is 0.850. The summed E-state index contributed by atoms with van der Waals surface area (Å²) in [6, 6.07) is 1.76. The van der Waals surface area contributed by atoms with Crippen LogP contribution in [0.1, 0.15) is 19.3 Å². The van der Waals surface area contributed by atoms with Gasteiger partial charge in [-0.05, 0) is 31.4 Å². The lowest BCUT2D eigenvalue weighted by Gasteiger charge is -2.32. The maximum atomic E-state index is 12.7. The first-order valence-electron chi connectivity index (χ1n) is 6.96. The van der Waals surface area contributed by atoms with Gasteiger partial charge in [-0.1, -0.05) is 6.42 Å². The number of carbonyl (C=O) groups excluding carboxylic acids is 2. The lowest BCUT2D eigenvalue weighted by Crippen LogP contribution is -2.46. The molecule has 2 amide bonds. The third-order valence-electron chi connectivity index (χ3n) is 4.21. The number of aromatic nitrogens is 1. The minimum absolute atomic E-state index is 0. The zero-order chi connectivity index (χ0) is 14.1. The fourth-order valence-corrected chi connectivity index (χ4v) is 3.18. The highest BCUT2D eigenvalue weighted by Crippen LogP contribution is 2.36. The minimum atomic E-state index is -0.179. The van der Waals surface area contributed by atoms with Crippen molar-refractivity contribution in [1.82, 2.24) is 4.98 Å². The highest BCUT2D eigenvalue weighted by molar-refractivity contribution is 6.10. The Hall–Kier alpha value is -1.37. The van der Waals surface area contributed by atoms with Gasteiger partial charge in [0.25, 0.3) is 0 Å². The molecule has 2 heterocycles. The highest BCUT2D eigenvalue weighted by atomic mass is 35.5. The van der Waals surface area contributed by atoms with Gasteiger partial charge in [0.15, 0.2) is 0 Å². The normalized spacial score (nSPS) is 23.0. The van der Waals surface area contributed by atoms with E-state index >= 15 is 0 Å². The molecule has 0 bridgehead atoms. The van der Waals surface area contributed by atoms with Crippen LogP contribution in [-0.2, 0) is 9.59 Å². The van der Waals surface area contributed by atoms with Gasteiger partial charge >= 0.3 is 0 Å². The van der Waals surface area contributed by atoms with Gasteiger partial charge < -0.3 is 16.0 Å². The Morgan fingerprint density at radius 1 is 1.41 bits per heavy atom. The summed E-state index contributed by atoms with van der Waals surface area (Å²) < 4.78 is 0. The first kappa shape index (κ1) is 18.7. The number of nitrogens with zero attached hydrogens (tertiary/aromatic N) is 2. The summed E-state index contributed by atoms with van der Waals surface area (Å²) in [4.78, 5) is 30.1. The number of nitrogens with one attached hydrogen (secondary N) is 1. The first-order valence-corrected chi connectivity index (χ1v) is 6.96. The van der Waals surface area contributed by atoms with E-state index in [1.807, 2.05) is 0 Å². The van der Waals surface area contributed by atoms with Crippen LogP contribution in [0.4, 0.5) is 11.4 Å². The fraction of sp³-hybridized carbons (Fsp3) is 0.500. The molecule has 0 spiro atoms. The van der Waals surface area contributed by atoms with Crippen molar-refractivity contribution in [1.29, 1.82) is 0 Å². The largest absolute Gasteiger partial charge is 0.330 e. The number of nitrogens with two attached hydrogens (primary N) is 1. The van der Waals surface area contributed by atoms with E-state index in [4.69, 9.17) is 5.73 Å². The second-order valence-electron chi connectivity index (χ2n) is 5.40. The Balaban J connectivity index is 0.00000121. The van der Waals surface area contributed by atoms with Crippen molar-refractivity contribution in [3.8, 4) is 0 Å². The van der Waals surface area contributed by atoms with E-state index in [0.717, 1.165) is 24.9 Å². The van der Waals surface area contributed by atoms with Gasteiger partial charge in [0, 0.05) is 12.1 Å². The van der Waals surface area contributed by atoms with E-state index in [-0.39, 0.29) is 55.0 Å². The van der Waals surface area contributed by atoms with E-state index in [2.05, 4.69) is 10.3 Å². The Labute approximate surface area is 141 Å². The standard InChI is InChI=1S/C14H18N4O2.2ClH/c15-6-9-2-1-3-10(9)14(20)18-8-13(19)17-11-7-16-5-4-12(11)18;;/h4-5,7,9-10H,1-3,6,8,15H2,(H,17,19);2*1H/t9-,10-;;/m1../s1. The molecule has 8 heteroatoms. The molecular formula is C14H20Cl2N4O2. The van der Waals surface area contributed by atoms with Crippen molar-refractivity contribution in [2.24, 2.45) is 17.6 Å². The predicted octanol–water partition coefficient (Wildman–Crippen LogP) is 1.59. The molecule has 0 saturated heterocycles. The lowest BCUT2D eigenvalue weighted by molar-refractivity contribution is -0.125. The third-order valence-corrected chi connectivity index (χ3v) is 4.21. The number of halogens is 2. The Kier molecular flexibility index (Phi) is 6.59. The Bertz CT molecular complexity index is 555. The van der Waals surface area contributed by atoms with Gasteiger partial charge in [-0.25, -0.2) is 0 Å². The van der Waals surface area contributed by atoms with E-state index < -0.39 is 0 Å². The predicted molar refractivity (Wildman–Crippen MR) is 89.6 cm³/mol. The second kappa shape index (κ2) is 7.76. The fourth-order valence-electron chi connectivity index (χ4n) is 3.18. The summed E-state index contributed by atoms with van der Waals surface area (Å²) in [5.74, 6) is 0.00563. The van der Waals surface area contributed by atoms with Gasteiger partial charge in [0.05, 0.1) is 17.6 Å². The molecule has 0 aromatic carbocycles. The van der Waals surface area contributed by atoms with Gasteiger partial charge in [0.1, 0.15) is 6.54 Å². The van der Waals surface area contributed by atoms with Crippen molar-refractivity contribution in [2.75, 3.05) is 23.3 Å². The van der Waals surface area contributed by atoms with Crippen molar-refractivity contribution < 1.29 is 9.59 Å². The van der Waals surface area contributed by atoms with Crippen LogP contribution in [0.15, 0.2) is 18.5 Å². The summed E-state index contributed by atoms with van der Waals surface area (Å²) >= 11 is 0. The summed E-state index contributed by atoms with van der Waals surface area (Å²) in [5, 5.41) is 2.74. The topological polar surface area (TPSA) is 88.3 Å². The molecule has 1 aliphatic carbocycles. The van der Waals surface area contributed by atoms with Crippen LogP contribution in [-0.4, -0.2) is 29.9 Å². The highest BCUT2D eigenvalue weighted by Gasteiger charge is 2.37. The molecule has 122 valence electrons. The number of pyridine rings is 1. The zero-order valence-corrected chi connectivity index (χ0v) is 13.7. The minimum Gasteiger partial charge on any atom is -0.330 e. The monoisotopic (exact) mass is 346 g/mol. The average molecular weight is 347 g/mol. The molecule has 1 fully saturated rings. The number of hydrogen-bond donors (Lipinski definition) is 2. The smallest absolute Gasteiger partial charge is 0.244 e. The summed E-state index contributed by atoms with van der Waals surface area (Å²) in [7, 11) is 0. The molecule has 0 unspecified atom stereocenters.